The van der Waals surface area contributed by atoms with Crippen LogP contribution in [0, 0.1) is 6.92 Å². The van der Waals surface area contributed by atoms with Crippen molar-refractivity contribution in [2.24, 2.45) is 0 Å². The van der Waals surface area contributed by atoms with Gasteiger partial charge in [-0.2, -0.15) is 9.61 Å². The lowest BCUT2D eigenvalue weighted by Crippen LogP contribution is -2.11. The zero-order valence-electron chi connectivity index (χ0n) is 17.3. The lowest BCUT2D eigenvalue weighted by molar-refractivity contribution is 0.0997. The van der Waals surface area contributed by atoms with Crippen LogP contribution in [0.4, 0.5) is 5.69 Å². The van der Waals surface area contributed by atoms with Crippen LogP contribution < -0.4 is 5.32 Å². The Morgan fingerprint density at radius 3 is 2.66 bits per heavy atom. The lowest BCUT2D eigenvalue weighted by atomic mass is 10.1. The Hall–Kier alpha value is -3.30. The normalized spacial score (nSPS) is 11.2. The van der Waals surface area contributed by atoms with E-state index in [1.54, 1.807) is 16.6 Å². The maximum absolute atomic E-state index is 12.8. The fourth-order valence-corrected chi connectivity index (χ4v) is 4.42. The molecule has 0 fully saturated rings. The largest absolute Gasteiger partial charge is 0.451 e. The van der Waals surface area contributed by atoms with Gasteiger partial charge in [0.15, 0.2) is 11.6 Å². The van der Waals surface area contributed by atoms with Crippen molar-refractivity contribution in [2.45, 2.75) is 20.3 Å². The van der Waals surface area contributed by atoms with E-state index in [-0.39, 0.29) is 11.7 Å². The summed E-state index contributed by atoms with van der Waals surface area (Å²) < 4.78 is 8.55. The van der Waals surface area contributed by atoms with Gasteiger partial charge in [0, 0.05) is 27.7 Å². The van der Waals surface area contributed by atoms with Crippen LogP contribution in [0.1, 0.15) is 28.9 Å². The number of furan rings is 1. The van der Waals surface area contributed by atoms with Crippen molar-refractivity contribution >= 4 is 43.8 Å². The van der Waals surface area contributed by atoms with Gasteiger partial charge in [0.25, 0.3) is 5.91 Å². The molecule has 0 spiro atoms. The number of aromatic nitrogens is 4. The van der Waals surface area contributed by atoms with Gasteiger partial charge in [0.05, 0.1) is 0 Å². The summed E-state index contributed by atoms with van der Waals surface area (Å²) in [5, 5.41) is 16.7. The molecule has 1 amide bonds. The second-order valence-corrected chi connectivity index (χ2v) is 9.10. The molecule has 32 heavy (non-hydrogen) atoms. The topological polar surface area (TPSA) is 85.3 Å². The minimum atomic E-state index is -0.306. The first kappa shape index (κ1) is 20.6. The van der Waals surface area contributed by atoms with Crippen molar-refractivity contribution in [1.29, 1.82) is 0 Å². The van der Waals surface area contributed by atoms with Crippen molar-refractivity contribution in [2.75, 3.05) is 5.32 Å². The molecule has 7 nitrogen and oxygen atoms in total. The number of carbonyl (C=O) groups is 1. The number of rotatable bonds is 5. The molecule has 3 heterocycles. The molecule has 0 saturated heterocycles. The average Bonchev–Trinajstić information content (AvgIpc) is 3.51. The minimum Gasteiger partial charge on any atom is -0.451 e. The highest BCUT2D eigenvalue weighted by molar-refractivity contribution is 9.10. The van der Waals surface area contributed by atoms with Crippen molar-refractivity contribution in [3.05, 3.63) is 76.2 Å². The highest BCUT2D eigenvalue weighted by Gasteiger charge is 2.16. The van der Waals surface area contributed by atoms with Gasteiger partial charge in [-0.05, 0) is 42.8 Å². The summed E-state index contributed by atoms with van der Waals surface area (Å²) in [4.78, 5) is 13.6. The highest BCUT2D eigenvalue weighted by atomic mass is 79.9. The maximum atomic E-state index is 12.8. The molecule has 0 bridgehead atoms. The summed E-state index contributed by atoms with van der Waals surface area (Å²) >= 11 is 4.88. The molecule has 0 saturated carbocycles. The second-order valence-electron chi connectivity index (χ2n) is 7.23. The third kappa shape index (κ3) is 3.85. The van der Waals surface area contributed by atoms with Crippen LogP contribution in [0.3, 0.4) is 0 Å². The molecule has 0 unspecified atom stereocenters. The summed E-state index contributed by atoms with van der Waals surface area (Å²) in [6.07, 6.45) is 0.755. The lowest BCUT2D eigenvalue weighted by Gasteiger charge is -2.08. The fourth-order valence-electron chi connectivity index (χ4n) is 3.30. The van der Waals surface area contributed by atoms with E-state index in [1.165, 1.54) is 11.3 Å². The Morgan fingerprint density at radius 1 is 1.09 bits per heavy atom. The van der Waals surface area contributed by atoms with Gasteiger partial charge in [-0.1, -0.05) is 58.5 Å². The predicted molar refractivity (Wildman–Crippen MR) is 128 cm³/mol. The molecule has 3 aromatic heterocycles. The third-order valence-electron chi connectivity index (χ3n) is 5.06. The summed E-state index contributed by atoms with van der Waals surface area (Å²) in [5.41, 5.74) is 3.45. The van der Waals surface area contributed by atoms with Crippen LogP contribution >= 0.6 is 27.3 Å². The molecule has 0 aliphatic rings. The standard InChI is InChI=1S/C23H18BrN5O2S/c1-3-20-26-27-23-29(20)28-22(32-23)15-5-4-13(2)17(12-15)25-21(30)19-11-10-18(31-19)14-6-8-16(24)9-7-14/h4-12H,3H2,1-2H3,(H,25,30). The van der Waals surface area contributed by atoms with Crippen molar-refractivity contribution in [1.82, 2.24) is 19.8 Å². The van der Waals surface area contributed by atoms with E-state index in [2.05, 4.69) is 36.5 Å². The first-order chi connectivity index (χ1) is 15.5. The quantitative estimate of drug-likeness (QED) is 0.315. The second kappa shape index (κ2) is 8.33. The molecule has 0 aliphatic carbocycles. The Morgan fingerprint density at radius 2 is 1.88 bits per heavy atom. The number of amides is 1. The highest BCUT2D eigenvalue weighted by Crippen LogP contribution is 2.30. The number of aryl methyl sites for hydroxylation is 2. The van der Waals surface area contributed by atoms with Crippen LogP contribution in [0.15, 0.2) is 63.5 Å². The molecule has 5 aromatic rings. The van der Waals surface area contributed by atoms with E-state index >= 15 is 0 Å². The van der Waals surface area contributed by atoms with Crippen LogP contribution in [0.5, 0.6) is 0 Å². The molecule has 0 radical (unpaired) electrons. The van der Waals surface area contributed by atoms with Crippen molar-refractivity contribution in [3.8, 4) is 21.9 Å². The smallest absolute Gasteiger partial charge is 0.291 e. The zero-order chi connectivity index (χ0) is 22.2. The summed E-state index contributed by atoms with van der Waals surface area (Å²) in [6.45, 7) is 3.97. The van der Waals surface area contributed by atoms with Crippen molar-refractivity contribution < 1.29 is 9.21 Å². The summed E-state index contributed by atoms with van der Waals surface area (Å²) in [6, 6.07) is 17.1. The Kier molecular flexibility index (Phi) is 5.36. The monoisotopic (exact) mass is 507 g/mol. The molecule has 5 rings (SSSR count). The Labute approximate surface area is 196 Å². The van der Waals surface area contributed by atoms with Gasteiger partial charge in [-0.3, -0.25) is 4.79 Å². The number of hydrogen-bond acceptors (Lipinski definition) is 6. The average molecular weight is 508 g/mol. The van der Waals surface area contributed by atoms with E-state index < -0.39 is 0 Å². The number of carbonyl (C=O) groups excluding carboxylic acids is 1. The number of fused-ring (bicyclic) bond motifs is 1. The number of benzene rings is 2. The Bertz CT molecular complexity index is 1430. The molecular formula is C23H18BrN5O2S. The summed E-state index contributed by atoms with van der Waals surface area (Å²) in [5.74, 6) is 1.40. The van der Waals surface area contributed by atoms with E-state index in [9.17, 15) is 4.79 Å². The van der Waals surface area contributed by atoms with Crippen LogP contribution in [-0.2, 0) is 6.42 Å². The predicted octanol–water partition coefficient (Wildman–Crippen LogP) is 6.00. The molecule has 2 aromatic carbocycles. The molecule has 9 heteroatoms. The molecule has 0 aliphatic heterocycles. The minimum absolute atomic E-state index is 0.249. The van der Waals surface area contributed by atoms with Gasteiger partial charge in [-0.25, -0.2) is 0 Å². The molecule has 160 valence electrons. The molecule has 0 atom stereocenters. The number of anilines is 1. The third-order valence-corrected chi connectivity index (χ3v) is 6.54. The number of nitrogens with one attached hydrogen (secondary N) is 1. The number of hydrogen-bond donors (Lipinski definition) is 1. The summed E-state index contributed by atoms with van der Waals surface area (Å²) in [7, 11) is 0. The first-order valence-electron chi connectivity index (χ1n) is 10.0. The fraction of sp³-hybridized carbons (Fsp3) is 0.130. The molecular weight excluding hydrogens is 490 g/mol. The van der Waals surface area contributed by atoms with Gasteiger partial charge in [0.1, 0.15) is 10.8 Å². The van der Waals surface area contributed by atoms with Gasteiger partial charge >= 0.3 is 0 Å². The Balaban J connectivity index is 1.40. The number of nitrogens with zero attached hydrogens (tertiary/aromatic N) is 4. The van der Waals surface area contributed by atoms with Crippen LogP contribution in [0.2, 0.25) is 0 Å². The van der Waals surface area contributed by atoms with Gasteiger partial charge in [0.2, 0.25) is 4.96 Å². The molecule has 1 N–H and O–H groups in total. The van der Waals surface area contributed by atoms with Crippen LogP contribution in [-0.4, -0.2) is 25.7 Å². The maximum Gasteiger partial charge on any atom is 0.291 e. The van der Waals surface area contributed by atoms with E-state index in [1.807, 2.05) is 56.3 Å². The first-order valence-corrected chi connectivity index (χ1v) is 11.6. The SMILES string of the molecule is CCc1nnc2sc(-c3ccc(C)c(NC(=O)c4ccc(-c5ccc(Br)cc5)o4)c3)nn12. The van der Waals surface area contributed by atoms with E-state index in [0.29, 0.717) is 11.4 Å². The zero-order valence-corrected chi connectivity index (χ0v) is 19.7. The van der Waals surface area contributed by atoms with Crippen LogP contribution in [0.25, 0.3) is 26.9 Å². The van der Waals surface area contributed by atoms with Crippen molar-refractivity contribution in [3.63, 3.8) is 0 Å². The van der Waals surface area contributed by atoms with Gasteiger partial charge < -0.3 is 9.73 Å². The van der Waals surface area contributed by atoms with E-state index in [4.69, 9.17) is 4.42 Å². The van der Waals surface area contributed by atoms with Gasteiger partial charge in [-0.15, -0.1) is 10.2 Å². The number of halogens is 1. The van der Waals surface area contributed by atoms with E-state index in [0.717, 1.165) is 43.4 Å².